The molecule has 92 valence electrons. The zero-order valence-corrected chi connectivity index (χ0v) is 10.8. The van der Waals surface area contributed by atoms with E-state index in [2.05, 4.69) is 13.8 Å². The smallest absolute Gasteiger partial charge is 0.134 e. The predicted octanol–water partition coefficient (Wildman–Crippen LogP) is 2.76. The van der Waals surface area contributed by atoms with E-state index in [-0.39, 0.29) is 12.0 Å². The van der Waals surface area contributed by atoms with Gasteiger partial charge in [0, 0.05) is 12.0 Å². The van der Waals surface area contributed by atoms with E-state index < -0.39 is 0 Å². The minimum absolute atomic E-state index is 0.103. The summed E-state index contributed by atoms with van der Waals surface area (Å²) in [6.07, 6.45) is 6.14. The number of hydrogen-bond acceptors (Lipinski definition) is 2. The highest BCUT2D eigenvalue weighted by Gasteiger charge is 2.49. The Hall–Kier alpha value is -0.370. The van der Waals surface area contributed by atoms with E-state index in [1.807, 2.05) is 0 Å². The van der Waals surface area contributed by atoms with Crippen molar-refractivity contribution in [3.8, 4) is 0 Å². The Kier molecular flexibility index (Phi) is 3.13. The molecule has 2 unspecified atom stereocenters. The lowest BCUT2D eigenvalue weighted by atomic mass is 9.53. The van der Waals surface area contributed by atoms with Gasteiger partial charge in [0.2, 0.25) is 0 Å². The van der Waals surface area contributed by atoms with Crippen LogP contribution in [0.3, 0.4) is 0 Å². The molecule has 0 aromatic carbocycles. The van der Waals surface area contributed by atoms with Crippen LogP contribution in [-0.4, -0.2) is 11.8 Å². The van der Waals surface area contributed by atoms with E-state index in [1.165, 1.54) is 25.7 Å². The molecule has 2 heteroatoms. The molecule has 2 fully saturated rings. The first-order chi connectivity index (χ1) is 7.46. The van der Waals surface area contributed by atoms with Crippen molar-refractivity contribution in [1.82, 2.24) is 0 Å². The molecule has 5 atom stereocenters. The van der Waals surface area contributed by atoms with Gasteiger partial charge in [-0.15, -0.1) is 0 Å². The van der Waals surface area contributed by atoms with Crippen LogP contribution in [0.2, 0.25) is 0 Å². The number of carbonyl (C=O) groups is 1. The SMILES string of the molecule is CC(=O)C1CC[C@@]2(C)CCC[C@@H](C)[C@H]2C1N. The molecule has 2 aliphatic carbocycles. The Morgan fingerprint density at radius 3 is 2.62 bits per heavy atom. The molecule has 0 bridgehead atoms. The van der Waals surface area contributed by atoms with Crippen LogP contribution in [-0.2, 0) is 4.79 Å². The normalized spacial score (nSPS) is 48.5. The summed E-state index contributed by atoms with van der Waals surface area (Å²) in [5.74, 6) is 1.67. The molecule has 0 radical (unpaired) electrons. The Morgan fingerprint density at radius 1 is 1.31 bits per heavy atom. The fraction of sp³-hybridized carbons (Fsp3) is 0.929. The number of nitrogens with two attached hydrogens (primary N) is 1. The van der Waals surface area contributed by atoms with Crippen LogP contribution in [0.25, 0.3) is 0 Å². The number of carbonyl (C=O) groups excluding carboxylic acids is 1. The number of rotatable bonds is 1. The second-order valence-corrected chi connectivity index (χ2v) is 6.38. The van der Waals surface area contributed by atoms with Crippen LogP contribution in [0.4, 0.5) is 0 Å². The van der Waals surface area contributed by atoms with E-state index in [0.717, 1.165) is 6.42 Å². The van der Waals surface area contributed by atoms with Crippen LogP contribution in [0, 0.1) is 23.2 Å². The second-order valence-electron chi connectivity index (χ2n) is 6.38. The van der Waals surface area contributed by atoms with Crippen molar-refractivity contribution in [1.29, 1.82) is 0 Å². The minimum atomic E-state index is 0.103. The quantitative estimate of drug-likeness (QED) is 0.742. The molecule has 16 heavy (non-hydrogen) atoms. The summed E-state index contributed by atoms with van der Waals surface area (Å²) in [5.41, 5.74) is 6.80. The van der Waals surface area contributed by atoms with E-state index in [4.69, 9.17) is 5.73 Å². The molecule has 2 N–H and O–H groups in total. The van der Waals surface area contributed by atoms with Crippen molar-refractivity contribution in [2.24, 2.45) is 28.9 Å². The number of hydrogen-bond donors (Lipinski definition) is 1. The number of Topliss-reactive ketones (excluding diaryl/α,β-unsaturated/α-hetero) is 1. The Balaban J connectivity index is 2.23. The summed E-state index contributed by atoms with van der Waals surface area (Å²) in [6.45, 7) is 6.43. The molecule has 0 heterocycles. The summed E-state index contributed by atoms with van der Waals surface area (Å²) in [7, 11) is 0. The first-order valence-electron chi connectivity index (χ1n) is 6.72. The maximum absolute atomic E-state index is 11.6. The minimum Gasteiger partial charge on any atom is -0.327 e. The van der Waals surface area contributed by atoms with Crippen molar-refractivity contribution in [3.63, 3.8) is 0 Å². The zero-order chi connectivity index (χ0) is 11.9. The highest BCUT2D eigenvalue weighted by Crippen LogP contribution is 2.53. The molecule has 0 aromatic rings. The fourth-order valence-electron chi connectivity index (χ4n) is 4.40. The lowest BCUT2D eigenvalue weighted by molar-refractivity contribution is -0.126. The molecule has 0 saturated heterocycles. The van der Waals surface area contributed by atoms with Crippen LogP contribution >= 0.6 is 0 Å². The summed E-state index contributed by atoms with van der Waals surface area (Å²) in [6, 6.07) is 0.103. The first-order valence-corrected chi connectivity index (χ1v) is 6.72. The molecule has 2 aliphatic rings. The van der Waals surface area contributed by atoms with Gasteiger partial charge in [0.25, 0.3) is 0 Å². The van der Waals surface area contributed by atoms with E-state index in [1.54, 1.807) is 6.92 Å². The standard InChI is InChI=1S/C14H25NO/c1-9-5-4-7-14(3)8-6-11(10(2)16)13(15)12(9)14/h9,11-13H,4-8,15H2,1-3H3/t9-,11?,12+,13?,14-/m1/s1. The second kappa shape index (κ2) is 4.14. The van der Waals surface area contributed by atoms with Crippen LogP contribution in [0.5, 0.6) is 0 Å². The highest BCUT2D eigenvalue weighted by atomic mass is 16.1. The Labute approximate surface area is 99.0 Å². The molecule has 2 nitrogen and oxygen atoms in total. The summed E-state index contributed by atoms with van der Waals surface area (Å²) in [4.78, 5) is 11.6. The zero-order valence-electron chi connectivity index (χ0n) is 10.8. The lowest BCUT2D eigenvalue weighted by Crippen LogP contribution is -2.55. The molecule has 2 saturated carbocycles. The molecule has 0 aromatic heterocycles. The van der Waals surface area contributed by atoms with Crippen molar-refractivity contribution in [3.05, 3.63) is 0 Å². The molecular formula is C14H25NO. The van der Waals surface area contributed by atoms with Crippen molar-refractivity contribution in [2.75, 3.05) is 0 Å². The van der Waals surface area contributed by atoms with E-state index in [9.17, 15) is 4.79 Å². The van der Waals surface area contributed by atoms with Crippen LogP contribution < -0.4 is 5.73 Å². The topological polar surface area (TPSA) is 43.1 Å². The number of ketones is 1. The van der Waals surface area contributed by atoms with E-state index >= 15 is 0 Å². The Morgan fingerprint density at radius 2 is 2.00 bits per heavy atom. The van der Waals surface area contributed by atoms with Gasteiger partial charge in [0.05, 0.1) is 0 Å². The molecule has 0 aliphatic heterocycles. The third-order valence-corrected chi connectivity index (χ3v) is 5.25. The fourth-order valence-corrected chi connectivity index (χ4v) is 4.40. The predicted molar refractivity (Wildman–Crippen MR) is 66.0 cm³/mol. The van der Waals surface area contributed by atoms with Gasteiger partial charge < -0.3 is 5.73 Å². The van der Waals surface area contributed by atoms with Gasteiger partial charge in [-0.05, 0) is 43.4 Å². The van der Waals surface area contributed by atoms with Crippen LogP contribution in [0.15, 0.2) is 0 Å². The maximum atomic E-state index is 11.6. The third kappa shape index (κ3) is 1.81. The highest BCUT2D eigenvalue weighted by molar-refractivity contribution is 5.79. The van der Waals surface area contributed by atoms with Crippen molar-refractivity contribution < 1.29 is 4.79 Å². The summed E-state index contributed by atoms with van der Waals surface area (Å²) < 4.78 is 0. The first kappa shape index (κ1) is 12.1. The van der Waals surface area contributed by atoms with Gasteiger partial charge in [-0.2, -0.15) is 0 Å². The van der Waals surface area contributed by atoms with Crippen LogP contribution in [0.1, 0.15) is 52.9 Å². The number of fused-ring (bicyclic) bond motifs is 1. The van der Waals surface area contributed by atoms with Gasteiger partial charge in [-0.3, -0.25) is 4.79 Å². The summed E-state index contributed by atoms with van der Waals surface area (Å²) >= 11 is 0. The molecule has 0 amide bonds. The van der Waals surface area contributed by atoms with E-state index in [0.29, 0.717) is 23.0 Å². The lowest BCUT2D eigenvalue weighted by Gasteiger charge is -2.53. The summed E-state index contributed by atoms with van der Waals surface area (Å²) in [5, 5.41) is 0. The average molecular weight is 223 g/mol. The average Bonchev–Trinajstić information content (AvgIpc) is 2.16. The monoisotopic (exact) mass is 223 g/mol. The molecule has 2 rings (SSSR count). The van der Waals surface area contributed by atoms with Gasteiger partial charge in [0.15, 0.2) is 0 Å². The Bertz CT molecular complexity index is 288. The molecular weight excluding hydrogens is 198 g/mol. The maximum Gasteiger partial charge on any atom is 0.134 e. The van der Waals surface area contributed by atoms with Gasteiger partial charge in [0.1, 0.15) is 5.78 Å². The van der Waals surface area contributed by atoms with Gasteiger partial charge in [-0.1, -0.05) is 26.7 Å². The largest absolute Gasteiger partial charge is 0.327 e. The van der Waals surface area contributed by atoms with Crippen molar-refractivity contribution in [2.45, 2.75) is 58.9 Å². The van der Waals surface area contributed by atoms with Gasteiger partial charge in [-0.25, -0.2) is 0 Å². The van der Waals surface area contributed by atoms with Gasteiger partial charge >= 0.3 is 0 Å². The third-order valence-electron chi connectivity index (χ3n) is 5.25. The molecule has 0 spiro atoms. The van der Waals surface area contributed by atoms with Crippen molar-refractivity contribution >= 4 is 5.78 Å².